The standard InChI is InChI=1S/C23H20ClF3N2O4S/c1-29(14-16-5-3-2-4-6-16)34(31,32)19-10-8-18(9-11-19)33-15-22(30)28-21-12-7-17(24)13-20(21)23(25,26)27/h2-13H,14-15H2,1H3,(H,28,30). The maximum absolute atomic E-state index is 13.1. The number of benzene rings is 3. The number of carbonyl (C=O) groups is 1. The molecule has 0 aliphatic rings. The lowest BCUT2D eigenvalue weighted by atomic mass is 10.1. The van der Waals surface area contributed by atoms with Gasteiger partial charge < -0.3 is 10.1 Å². The average Bonchev–Trinajstić information content (AvgIpc) is 2.79. The Kier molecular flexibility index (Phi) is 7.86. The number of alkyl halides is 3. The lowest BCUT2D eigenvalue weighted by molar-refractivity contribution is -0.137. The summed E-state index contributed by atoms with van der Waals surface area (Å²) in [7, 11) is -2.31. The molecule has 0 aliphatic heterocycles. The summed E-state index contributed by atoms with van der Waals surface area (Å²) in [6.45, 7) is -0.397. The molecule has 1 N–H and O–H groups in total. The second-order valence-electron chi connectivity index (χ2n) is 7.24. The van der Waals surface area contributed by atoms with Gasteiger partial charge in [0, 0.05) is 18.6 Å². The predicted octanol–water partition coefficient (Wildman–Crippen LogP) is 5.20. The van der Waals surface area contributed by atoms with Crippen molar-refractivity contribution in [3.8, 4) is 5.75 Å². The Balaban J connectivity index is 1.61. The quantitative estimate of drug-likeness (QED) is 0.450. The molecule has 0 aromatic heterocycles. The molecule has 0 spiro atoms. The minimum atomic E-state index is -4.70. The van der Waals surface area contributed by atoms with Crippen molar-refractivity contribution in [2.45, 2.75) is 17.6 Å². The number of nitrogens with one attached hydrogen (secondary N) is 1. The Bertz CT molecular complexity index is 1250. The van der Waals surface area contributed by atoms with Crippen molar-refractivity contribution in [1.82, 2.24) is 4.31 Å². The maximum atomic E-state index is 13.1. The van der Waals surface area contributed by atoms with Crippen LogP contribution in [-0.2, 0) is 27.5 Å². The topological polar surface area (TPSA) is 75.7 Å². The van der Waals surface area contributed by atoms with Gasteiger partial charge >= 0.3 is 6.18 Å². The molecule has 0 fully saturated rings. The van der Waals surface area contributed by atoms with Gasteiger partial charge in [0.05, 0.1) is 16.1 Å². The van der Waals surface area contributed by atoms with Crippen molar-refractivity contribution in [1.29, 1.82) is 0 Å². The van der Waals surface area contributed by atoms with Crippen LogP contribution in [0, 0.1) is 0 Å². The molecule has 0 saturated heterocycles. The minimum absolute atomic E-state index is 0.0266. The Morgan fingerprint density at radius 2 is 1.68 bits per heavy atom. The predicted molar refractivity (Wildman–Crippen MR) is 122 cm³/mol. The van der Waals surface area contributed by atoms with Gasteiger partial charge in [-0.05, 0) is 48.0 Å². The first-order chi connectivity index (χ1) is 16.0. The number of anilines is 1. The third kappa shape index (κ3) is 6.49. The fourth-order valence-electron chi connectivity index (χ4n) is 3.01. The summed E-state index contributed by atoms with van der Waals surface area (Å²) in [5.41, 5.74) is -0.704. The van der Waals surface area contributed by atoms with Gasteiger partial charge in [-0.25, -0.2) is 8.42 Å². The highest BCUT2D eigenvalue weighted by Gasteiger charge is 2.34. The van der Waals surface area contributed by atoms with Crippen molar-refractivity contribution >= 4 is 33.2 Å². The molecule has 3 aromatic carbocycles. The normalized spacial score (nSPS) is 11.9. The Labute approximate surface area is 200 Å². The number of hydrogen-bond donors (Lipinski definition) is 1. The van der Waals surface area contributed by atoms with Crippen LogP contribution < -0.4 is 10.1 Å². The summed E-state index contributed by atoms with van der Waals surface area (Å²) in [4.78, 5) is 12.1. The molecule has 0 saturated carbocycles. The number of hydrogen-bond acceptors (Lipinski definition) is 4. The maximum Gasteiger partial charge on any atom is 0.418 e. The van der Waals surface area contributed by atoms with E-state index in [-0.39, 0.29) is 22.2 Å². The number of amides is 1. The molecular weight excluding hydrogens is 493 g/mol. The average molecular weight is 513 g/mol. The van der Waals surface area contributed by atoms with Crippen molar-refractivity contribution in [3.63, 3.8) is 0 Å². The van der Waals surface area contributed by atoms with E-state index in [2.05, 4.69) is 5.32 Å². The molecular formula is C23H20ClF3N2O4S. The van der Waals surface area contributed by atoms with E-state index in [0.717, 1.165) is 11.6 Å². The van der Waals surface area contributed by atoms with Gasteiger partial charge in [0.15, 0.2) is 6.61 Å². The summed E-state index contributed by atoms with van der Waals surface area (Å²) < 4.78 is 71.5. The van der Waals surface area contributed by atoms with Crippen LogP contribution in [0.3, 0.4) is 0 Å². The van der Waals surface area contributed by atoms with Crippen molar-refractivity contribution in [2.24, 2.45) is 0 Å². The second kappa shape index (κ2) is 10.5. The smallest absolute Gasteiger partial charge is 0.418 e. The Morgan fingerprint density at radius 3 is 2.29 bits per heavy atom. The van der Waals surface area contributed by atoms with Crippen LogP contribution in [0.15, 0.2) is 77.7 Å². The van der Waals surface area contributed by atoms with E-state index in [1.165, 1.54) is 41.7 Å². The SMILES string of the molecule is CN(Cc1ccccc1)S(=O)(=O)c1ccc(OCC(=O)Nc2ccc(Cl)cc2C(F)(F)F)cc1. The van der Waals surface area contributed by atoms with E-state index in [1.807, 2.05) is 30.3 Å². The monoisotopic (exact) mass is 512 g/mol. The fraction of sp³-hybridized carbons (Fsp3) is 0.174. The van der Waals surface area contributed by atoms with E-state index < -0.39 is 40.0 Å². The first kappa shape index (κ1) is 25.5. The molecule has 0 heterocycles. The van der Waals surface area contributed by atoms with Crippen molar-refractivity contribution in [2.75, 3.05) is 19.0 Å². The van der Waals surface area contributed by atoms with Crippen LogP contribution in [0.2, 0.25) is 5.02 Å². The molecule has 0 radical (unpaired) electrons. The first-order valence-electron chi connectivity index (χ1n) is 9.86. The lowest BCUT2D eigenvalue weighted by Crippen LogP contribution is -2.26. The first-order valence-corrected chi connectivity index (χ1v) is 11.7. The van der Waals surface area contributed by atoms with Gasteiger partial charge in [-0.2, -0.15) is 17.5 Å². The molecule has 0 unspecified atom stereocenters. The van der Waals surface area contributed by atoms with Crippen molar-refractivity contribution in [3.05, 3.63) is 88.9 Å². The molecule has 6 nitrogen and oxygen atoms in total. The summed E-state index contributed by atoms with van der Waals surface area (Å²) in [5.74, 6) is -0.654. The number of ether oxygens (including phenoxy) is 1. The fourth-order valence-corrected chi connectivity index (χ4v) is 4.34. The highest BCUT2D eigenvalue weighted by atomic mass is 35.5. The number of halogens is 4. The summed E-state index contributed by atoms with van der Waals surface area (Å²) in [6, 6.07) is 17.5. The molecule has 180 valence electrons. The van der Waals surface area contributed by atoms with E-state index in [9.17, 15) is 26.4 Å². The largest absolute Gasteiger partial charge is 0.484 e. The van der Waals surface area contributed by atoms with E-state index in [0.29, 0.717) is 6.07 Å². The zero-order valence-electron chi connectivity index (χ0n) is 17.8. The van der Waals surface area contributed by atoms with Gasteiger partial charge in [0.25, 0.3) is 5.91 Å². The number of rotatable bonds is 8. The Morgan fingerprint density at radius 1 is 1.03 bits per heavy atom. The van der Waals surface area contributed by atoms with Crippen LogP contribution in [0.4, 0.5) is 18.9 Å². The van der Waals surface area contributed by atoms with E-state index in [1.54, 1.807) is 0 Å². The van der Waals surface area contributed by atoms with E-state index in [4.69, 9.17) is 16.3 Å². The Hall–Kier alpha value is -3.08. The van der Waals surface area contributed by atoms with Crippen LogP contribution in [0.25, 0.3) is 0 Å². The molecule has 3 aromatic rings. The highest BCUT2D eigenvalue weighted by Crippen LogP contribution is 2.36. The molecule has 11 heteroatoms. The van der Waals surface area contributed by atoms with Crippen LogP contribution in [0.5, 0.6) is 5.75 Å². The zero-order chi connectivity index (χ0) is 24.9. The highest BCUT2D eigenvalue weighted by molar-refractivity contribution is 7.89. The third-order valence-corrected chi connectivity index (χ3v) is 6.76. The second-order valence-corrected chi connectivity index (χ2v) is 9.72. The molecule has 0 aliphatic carbocycles. The molecule has 0 atom stereocenters. The number of nitrogens with zero attached hydrogens (tertiary/aromatic N) is 1. The minimum Gasteiger partial charge on any atom is -0.484 e. The number of sulfonamides is 1. The lowest BCUT2D eigenvalue weighted by Gasteiger charge is -2.17. The van der Waals surface area contributed by atoms with Crippen LogP contribution in [0.1, 0.15) is 11.1 Å². The number of carbonyl (C=O) groups excluding carboxylic acids is 1. The van der Waals surface area contributed by atoms with Gasteiger partial charge in [-0.1, -0.05) is 41.9 Å². The molecule has 0 bridgehead atoms. The molecule has 1 amide bonds. The van der Waals surface area contributed by atoms with Gasteiger partial charge in [0.2, 0.25) is 10.0 Å². The molecule has 3 rings (SSSR count). The van der Waals surface area contributed by atoms with Gasteiger partial charge in [-0.15, -0.1) is 0 Å². The van der Waals surface area contributed by atoms with Gasteiger partial charge in [-0.3, -0.25) is 4.79 Å². The summed E-state index contributed by atoms with van der Waals surface area (Å²) in [5, 5.41) is 2.02. The van der Waals surface area contributed by atoms with Gasteiger partial charge in [0.1, 0.15) is 5.75 Å². The summed E-state index contributed by atoms with van der Waals surface area (Å²) in [6.07, 6.45) is -4.70. The third-order valence-electron chi connectivity index (χ3n) is 4.71. The van der Waals surface area contributed by atoms with E-state index >= 15 is 0 Å². The van der Waals surface area contributed by atoms with Crippen LogP contribution in [-0.4, -0.2) is 32.3 Å². The van der Waals surface area contributed by atoms with Crippen LogP contribution >= 0.6 is 11.6 Å². The summed E-state index contributed by atoms with van der Waals surface area (Å²) >= 11 is 5.62. The molecule has 34 heavy (non-hydrogen) atoms. The van der Waals surface area contributed by atoms with Crippen molar-refractivity contribution < 1.29 is 31.1 Å². The zero-order valence-corrected chi connectivity index (χ0v) is 19.4.